The highest BCUT2D eigenvalue weighted by Gasteiger charge is 2.33. The monoisotopic (exact) mass is 471 g/mol. The third-order valence-corrected chi connectivity index (χ3v) is 5.61. The first-order valence-corrected chi connectivity index (χ1v) is 10.8. The van der Waals surface area contributed by atoms with Gasteiger partial charge in [0.05, 0.1) is 23.1 Å². The van der Waals surface area contributed by atoms with Crippen molar-refractivity contribution in [3.05, 3.63) is 70.9 Å². The van der Waals surface area contributed by atoms with Gasteiger partial charge in [-0.3, -0.25) is 4.79 Å². The molecule has 1 saturated heterocycles. The molecule has 1 aliphatic rings. The molecular formula is C23H24F3N7O. The fourth-order valence-corrected chi connectivity index (χ4v) is 3.84. The Morgan fingerprint density at radius 1 is 1.18 bits per heavy atom. The lowest BCUT2D eigenvalue weighted by Crippen LogP contribution is -2.38. The largest absolute Gasteiger partial charge is 0.435 e. The molecule has 1 fully saturated rings. The molecule has 34 heavy (non-hydrogen) atoms. The second-order valence-corrected chi connectivity index (χ2v) is 8.31. The summed E-state index contributed by atoms with van der Waals surface area (Å²) in [5.74, 6) is -0.00386. The molecule has 8 nitrogen and oxygen atoms in total. The van der Waals surface area contributed by atoms with E-state index in [1.54, 1.807) is 17.3 Å². The maximum Gasteiger partial charge on any atom is 0.435 e. The van der Waals surface area contributed by atoms with E-state index in [2.05, 4.69) is 25.7 Å². The minimum Gasteiger partial charge on any atom is -0.343 e. The first kappa shape index (κ1) is 23.4. The number of alkyl halides is 3. The number of amides is 1. The zero-order valence-corrected chi connectivity index (χ0v) is 19.0. The molecule has 1 N–H and O–H groups in total. The smallest absolute Gasteiger partial charge is 0.343 e. The van der Waals surface area contributed by atoms with E-state index in [4.69, 9.17) is 0 Å². The minimum atomic E-state index is -4.56. The van der Waals surface area contributed by atoms with Crippen molar-refractivity contribution in [3.8, 4) is 5.69 Å². The highest BCUT2D eigenvalue weighted by atomic mass is 19.4. The van der Waals surface area contributed by atoms with Gasteiger partial charge < -0.3 is 10.2 Å². The van der Waals surface area contributed by atoms with Crippen molar-refractivity contribution in [1.29, 1.82) is 0 Å². The van der Waals surface area contributed by atoms with Crippen LogP contribution in [0.1, 0.15) is 47.1 Å². The van der Waals surface area contributed by atoms with Crippen LogP contribution in [0.15, 0.2) is 48.4 Å². The second-order valence-electron chi connectivity index (χ2n) is 8.31. The van der Waals surface area contributed by atoms with Gasteiger partial charge in [0.1, 0.15) is 0 Å². The molecule has 3 heterocycles. The number of benzene rings is 1. The van der Waals surface area contributed by atoms with Gasteiger partial charge in [-0.05, 0) is 56.9 Å². The Balaban J connectivity index is 1.64. The lowest BCUT2D eigenvalue weighted by Gasteiger charge is -2.34. The number of anilines is 1. The van der Waals surface area contributed by atoms with Crippen molar-refractivity contribution in [1.82, 2.24) is 30.1 Å². The fraction of sp³-hybridized carbons (Fsp3) is 0.348. The van der Waals surface area contributed by atoms with Crippen LogP contribution < -0.4 is 5.32 Å². The van der Waals surface area contributed by atoms with Gasteiger partial charge in [0, 0.05) is 18.4 Å². The second kappa shape index (κ2) is 9.24. The molecule has 1 atom stereocenters. The molecule has 1 unspecified atom stereocenters. The van der Waals surface area contributed by atoms with E-state index in [1.807, 2.05) is 39.0 Å². The Hall–Kier alpha value is -3.76. The van der Waals surface area contributed by atoms with Crippen molar-refractivity contribution in [2.75, 3.05) is 11.9 Å². The predicted molar refractivity (Wildman–Crippen MR) is 119 cm³/mol. The number of nitrogens with one attached hydrogen (secondary N) is 1. The molecule has 1 amide bonds. The average Bonchev–Trinajstić information content (AvgIpc) is 3.23. The number of aromatic nitrogens is 5. The maximum atomic E-state index is 13.7. The van der Waals surface area contributed by atoms with E-state index in [9.17, 15) is 18.0 Å². The molecular weight excluding hydrogens is 447 g/mol. The van der Waals surface area contributed by atoms with Gasteiger partial charge in [0.2, 0.25) is 0 Å². The Bertz CT molecular complexity index is 1220. The number of carbonyl (C=O) groups is 1. The third kappa shape index (κ3) is 4.92. The summed E-state index contributed by atoms with van der Waals surface area (Å²) >= 11 is 0. The molecule has 0 aliphatic carbocycles. The molecule has 0 bridgehead atoms. The van der Waals surface area contributed by atoms with E-state index >= 15 is 0 Å². The Morgan fingerprint density at radius 2 is 1.97 bits per heavy atom. The van der Waals surface area contributed by atoms with E-state index in [0.29, 0.717) is 17.8 Å². The highest BCUT2D eigenvalue weighted by molar-refractivity contribution is 5.99. The van der Waals surface area contributed by atoms with Crippen LogP contribution in [-0.4, -0.2) is 42.5 Å². The number of nitrogens with zero attached hydrogens (tertiary/aromatic N) is 6. The van der Waals surface area contributed by atoms with Gasteiger partial charge >= 0.3 is 6.18 Å². The van der Waals surface area contributed by atoms with Crippen LogP contribution in [0.2, 0.25) is 0 Å². The maximum absolute atomic E-state index is 13.7. The Labute approximate surface area is 194 Å². The summed E-state index contributed by atoms with van der Waals surface area (Å²) < 4.78 is 38.2. The number of aryl methyl sites for hydroxylation is 2. The minimum absolute atomic E-state index is 0.0472. The van der Waals surface area contributed by atoms with Gasteiger partial charge in [-0.2, -0.15) is 28.2 Å². The van der Waals surface area contributed by atoms with Gasteiger partial charge in [0.25, 0.3) is 5.91 Å². The molecule has 3 aromatic rings. The summed E-state index contributed by atoms with van der Waals surface area (Å²) in [7, 11) is 0. The Morgan fingerprint density at radius 3 is 2.62 bits per heavy atom. The SMILES string of the molecule is Cc1ccc(-n2ncc(C)n2)c(C(=O)N2CCCC(C)/C2=C\Nc2ccc(C(F)(F)F)nn2)c1. The highest BCUT2D eigenvalue weighted by Crippen LogP contribution is 2.30. The van der Waals surface area contributed by atoms with E-state index in [-0.39, 0.29) is 17.6 Å². The quantitative estimate of drug-likeness (QED) is 0.602. The van der Waals surface area contributed by atoms with Crippen molar-refractivity contribution in [2.24, 2.45) is 5.92 Å². The average molecular weight is 471 g/mol. The molecule has 11 heteroatoms. The van der Waals surface area contributed by atoms with Crippen molar-refractivity contribution < 1.29 is 18.0 Å². The lowest BCUT2D eigenvalue weighted by atomic mass is 9.95. The molecule has 1 aromatic carbocycles. The molecule has 0 radical (unpaired) electrons. The summed E-state index contributed by atoms with van der Waals surface area (Å²) in [6.45, 7) is 6.24. The number of rotatable bonds is 4. The molecule has 4 rings (SSSR count). The third-order valence-electron chi connectivity index (χ3n) is 5.61. The normalized spacial score (nSPS) is 17.8. The predicted octanol–water partition coefficient (Wildman–Crippen LogP) is 4.52. The van der Waals surface area contributed by atoms with E-state index in [0.717, 1.165) is 35.9 Å². The van der Waals surface area contributed by atoms with Crippen molar-refractivity contribution in [2.45, 2.75) is 39.8 Å². The van der Waals surface area contributed by atoms with Gasteiger partial charge in [-0.1, -0.05) is 18.6 Å². The molecule has 0 saturated carbocycles. The zero-order valence-electron chi connectivity index (χ0n) is 19.0. The summed E-state index contributed by atoms with van der Waals surface area (Å²) in [5.41, 5.74) is 2.34. The topological polar surface area (TPSA) is 88.8 Å². The van der Waals surface area contributed by atoms with Crippen LogP contribution in [0.4, 0.5) is 19.0 Å². The number of halogens is 3. The molecule has 2 aromatic heterocycles. The van der Waals surface area contributed by atoms with Crippen molar-refractivity contribution in [3.63, 3.8) is 0 Å². The van der Waals surface area contributed by atoms with Gasteiger partial charge in [-0.15, -0.1) is 10.2 Å². The van der Waals surface area contributed by atoms with Crippen LogP contribution in [-0.2, 0) is 6.18 Å². The number of hydrogen-bond acceptors (Lipinski definition) is 6. The first-order valence-electron chi connectivity index (χ1n) is 10.8. The standard InChI is InChI=1S/C23H24F3N7O/c1-14-6-7-18(33-28-12-16(3)31-33)17(11-14)22(34)32-10-4-5-15(2)19(32)13-27-21-9-8-20(29-30-21)23(24,25)26/h6-9,11-13,15H,4-5,10H2,1-3H3,(H,27,30)/b19-13+. The van der Waals surface area contributed by atoms with Crippen LogP contribution >= 0.6 is 0 Å². The number of likely N-dealkylation sites (tertiary alicyclic amines) is 1. The number of carbonyl (C=O) groups excluding carboxylic acids is 1. The van der Waals surface area contributed by atoms with Gasteiger partial charge in [-0.25, -0.2) is 0 Å². The number of hydrogen-bond donors (Lipinski definition) is 1. The molecule has 178 valence electrons. The first-order chi connectivity index (χ1) is 16.1. The summed E-state index contributed by atoms with van der Waals surface area (Å²) in [5, 5.41) is 18.3. The van der Waals surface area contributed by atoms with Crippen LogP contribution in [0.5, 0.6) is 0 Å². The summed E-state index contributed by atoms with van der Waals surface area (Å²) in [6.07, 6.45) is 0.377. The molecule has 1 aliphatic heterocycles. The summed E-state index contributed by atoms with van der Waals surface area (Å²) in [4.78, 5) is 16.8. The number of allylic oxidation sites excluding steroid dienone is 1. The number of piperidine rings is 1. The van der Waals surface area contributed by atoms with Crippen LogP contribution in [0.25, 0.3) is 5.69 Å². The fourth-order valence-electron chi connectivity index (χ4n) is 3.84. The zero-order chi connectivity index (χ0) is 24.5. The van der Waals surface area contributed by atoms with Crippen LogP contribution in [0, 0.1) is 19.8 Å². The van der Waals surface area contributed by atoms with E-state index in [1.165, 1.54) is 10.9 Å². The Kier molecular flexibility index (Phi) is 6.36. The van der Waals surface area contributed by atoms with Gasteiger partial charge in [0.15, 0.2) is 11.5 Å². The molecule has 0 spiro atoms. The van der Waals surface area contributed by atoms with E-state index < -0.39 is 11.9 Å². The summed E-state index contributed by atoms with van der Waals surface area (Å²) in [6, 6.07) is 7.58. The van der Waals surface area contributed by atoms with Crippen molar-refractivity contribution >= 4 is 11.7 Å². The lowest BCUT2D eigenvalue weighted by molar-refractivity contribution is -0.141. The van der Waals surface area contributed by atoms with Crippen LogP contribution in [0.3, 0.4) is 0 Å².